The third-order valence-electron chi connectivity index (χ3n) is 7.65. The molecule has 0 N–H and O–H groups in total. The van der Waals surface area contributed by atoms with E-state index in [-0.39, 0.29) is 34.0 Å². The number of rotatable bonds is 8. The van der Waals surface area contributed by atoms with Crippen LogP contribution in [-0.2, 0) is 20.4 Å². The minimum Gasteiger partial charge on any atom is -0.281 e. The molecule has 2 amide bonds. The highest BCUT2D eigenvalue weighted by molar-refractivity contribution is 6.02. The second kappa shape index (κ2) is 15.5. The molecule has 0 aliphatic heterocycles. The molecule has 10 heteroatoms. The van der Waals surface area contributed by atoms with E-state index in [1.54, 1.807) is 47.9 Å². The Morgan fingerprint density at radius 2 is 0.833 bits per heavy atom. The lowest BCUT2D eigenvalue weighted by Crippen LogP contribution is -2.28. The van der Waals surface area contributed by atoms with Crippen LogP contribution in [0.3, 0.4) is 0 Å². The van der Waals surface area contributed by atoms with Gasteiger partial charge in [-0.3, -0.25) is 39.6 Å². The van der Waals surface area contributed by atoms with Crippen molar-refractivity contribution in [1.82, 2.24) is 0 Å². The van der Waals surface area contributed by atoms with Crippen LogP contribution in [0.15, 0.2) is 97.1 Å². The number of amides is 2. The van der Waals surface area contributed by atoms with Crippen molar-refractivity contribution in [1.29, 1.82) is 0 Å². The summed E-state index contributed by atoms with van der Waals surface area (Å²) >= 11 is 0. The smallest absolute Gasteiger partial charge is 0.269 e. The van der Waals surface area contributed by atoms with Crippen LogP contribution in [0.2, 0.25) is 0 Å². The Morgan fingerprint density at radius 1 is 0.542 bits per heavy atom. The van der Waals surface area contributed by atoms with Gasteiger partial charge in [0.05, 0.1) is 21.2 Å². The first-order valence-corrected chi connectivity index (χ1v) is 15.8. The number of benzene rings is 4. The Morgan fingerprint density at radius 3 is 1.08 bits per heavy atom. The third kappa shape index (κ3) is 8.90. The number of nitro benzene ring substituents is 2. The first-order chi connectivity index (χ1) is 22.5. The Labute approximate surface area is 282 Å². The fourth-order valence-corrected chi connectivity index (χ4v) is 5.20. The van der Waals surface area contributed by atoms with Gasteiger partial charge in [0.1, 0.15) is 0 Å². The van der Waals surface area contributed by atoms with Gasteiger partial charge in [-0.1, -0.05) is 91.8 Å². The number of hydrogen-bond acceptors (Lipinski definition) is 6. The Hall–Kier alpha value is -5.38. The van der Waals surface area contributed by atoms with E-state index < -0.39 is 9.85 Å². The maximum Gasteiger partial charge on any atom is 0.269 e. The van der Waals surface area contributed by atoms with Crippen LogP contribution in [0.25, 0.3) is 0 Å². The van der Waals surface area contributed by atoms with Gasteiger partial charge in [-0.05, 0) is 58.4 Å². The molecule has 4 aromatic rings. The molecule has 0 fully saturated rings. The van der Waals surface area contributed by atoms with Gasteiger partial charge < -0.3 is 0 Å². The van der Waals surface area contributed by atoms with Crippen molar-refractivity contribution in [3.63, 3.8) is 0 Å². The summed E-state index contributed by atoms with van der Waals surface area (Å²) in [5.74, 6) is -0.110. The lowest BCUT2D eigenvalue weighted by Gasteiger charge is -2.30. The molecule has 0 heterocycles. The van der Waals surface area contributed by atoms with Crippen molar-refractivity contribution in [2.24, 2.45) is 0 Å². The van der Waals surface area contributed by atoms with Gasteiger partial charge in [0.2, 0.25) is 11.8 Å². The number of non-ortho nitro benzene ring substituents is 2. The van der Waals surface area contributed by atoms with Gasteiger partial charge >= 0.3 is 0 Å². The molecule has 0 aliphatic carbocycles. The molecule has 0 saturated carbocycles. The van der Waals surface area contributed by atoms with Crippen LogP contribution >= 0.6 is 0 Å². The lowest BCUT2D eigenvalue weighted by molar-refractivity contribution is -0.385. The molecule has 0 bridgehead atoms. The van der Waals surface area contributed by atoms with Crippen molar-refractivity contribution in [2.75, 3.05) is 9.80 Å². The van der Waals surface area contributed by atoms with Gasteiger partial charge in [0.15, 0.2) is 0 Å². The summed E-state index contributed by atoms with van der Waals surface area (Å²) in [5.41, 5.74) is 4.71. The van der Waals surface area contributed by atoms with E-state index in [0.29, 0.717) is 24.2 Å². The number of hydrogen-bond donors (Lipinski definition) is 0. The van der Waals surface area contributed by atoms with Gasteiger partial charge in [0, 0.05) is 48.5 Å². The van der Waals surface area contributed by atoms with Crippen LogP contribution < -0.4 is 9.80 Å². The number of carbonyl (C=O) groups is 2. The van der Waals surface area contributed by atoms with E-state index >= 15 is 0 Å². The average molecular weight is 653 g/mol. The van der Waals surface area contributed by atoms with E-state index in [2.05, 4.69) is 41.5 Å². The summed E-state index contributed by atoms with van der Waals surface area (Å²) in [7, 11) is 0. The lowest BCUT2D eigenvalue weighted by atomic mass is 9.85. The molecule has 0 aromatic heterocycles. The van der Waals surface area contributed by atoms with Crippen LogP contribution in [0.5, 0.6) is 0 Å². The SMILES string of the molecule is CCC(=O)N(c1ccc([N+](=O)[O-])cc1)c1ccccc1C(C)(C)C.CCC(=O)N(c1ccc([N+](=O)[O-])cc1)c1ccccc1C(C)(C)C. The minimum absolute atomic E-state index is 0.00625. The molecule has 4 rings (SSSR count). The van der Waals surface area contributed by atoms with Crippen LogP contribution in [0.1, 0.15) is 79.4 Å². The van der Waals surface area contributed by atoms with E-state index in [0.717, 1.165) is 22.5 Å². The molecular formula is C38H44N4O6. The Kier molecular flexibility index (Phi) is 12.0. The summed E-state index contributed by atoms with van der Waals surface area (Å²) in [5, 5.41) is 21.7. The van der Waals surface area contributed by atoms with Crippen molar-refractivity contribution < 1.29 is 19.4 Å². The molecule has 0 radical (unpaired) electrons. The molecule has 0 saturated heterocycles. The third-order valence-corrected chi connectivity index (χ3v) is 7.65. The summed E-state index contributed by atoms with van der Waals surface area (Å²) in [6, 6.07) is 27.7. The Bertz CT molecular complexity index is 1620. The monoisotopic (exact) mass is 652 g/mol. The highest BCUT2D eigenvalue weighted by Crippen LogP contribution is 2.38. The van der Waals surface area contributed by atoms with Crippen molar-refractivity contribution >= 4 is 45.9 Å². The minimum atomic E-state index is -0.446. The van der Waals surface area contributed by atoms with E-state index in [4.69, 9.17) is 0 Å². The number of carbonyl (C=O) groups excluding carboxylic acids is 2. The largest absolute Gasteiger partial charge is 0.281 e. The molecule has 48 heavy (non-hydrogen) atoms. The first kappa shape index (κ1) is 37.1. The summed E-state index contributed by atoms with van der Waals surface area (Å²) < 4.78 is 0. The molecule has 10 nitrogen and oxygen atoms in total. The number of para-hydroxylation sites is 2. The Balaban J connectivity index is 0.000000260. The zero-order valence-corrected chi connectivity index (χ0v) is 28.9. The highest BCUT2D eigenvalue weighted by Gasteiger charge is 2.26. The zero-order valence-electron chi connectivity index (χ0n) is 28.9. The van der Waals surface area contributed by atoms with Gasteiger partial charge in [-0.25, -0.2) is 0 Å². The molecular weight excluding hydrogens is 608 g/mol. The molecule has 4 aromatic carbocycles. The summed E-state index contributed by atoms with van der Waals surface area (Å²) in [6.45, 7) is 16.2. The molecule has 252 valence electrons. The predicted molar refractivity (Wildman–Crippen MR) is 191 cm³/mol. The van der Waals surface area contributed by atoms with Crippen molar-refractivity contribution in [3.05, 3.63) is 128 Å². The number of nitro groups is 2. The highest BCUT2D eigenvalue weighted by atomic mass is 16.6. The van der Waals surface area contributed by atoms with Crippen LogP contribution in [0.4, 0.5) is 34.1 Å². The van der Waals surface area contributed by atoms with E-state index in [1.165, 1.54) is 24.3 Å². The summed E-state index contributed by atoms with van der Waals surface area (Å²) in [6.07, 6.45) is 0.685. The standard InChI is InChI=1S/2C19H22N2O3/c2*1-5-18(22)20(14-10-12-15(13-11-14)21(23)24)17-9-7-6-8-16(17)19(2,3)4/h2*6-13H,5H2,1-4H3. The molecule has 0 spiro atoms. The van der Waals surface area contributed by atoms with Gasteiger partial charge in [0.25, 0.3) is 11.4 Å². The average Bonchev–Trinajstić information content (AvgIpc) is 3.05. The van der Waals surface area contributed by atoms with Gasteiger partial charge in [-0.2, -0.15) is 0 Å². The molecule has 0 aliphatic rings. The topological polar surface area (TPSA) is 127 Å². The number of anilines is 4. The zero-order chi connectivity index (χ0) is 35.8. The van der Waals surface area contributed by atoms with E-state index in [1.807, 2.05) is 48.5 Å². The first-order valence-electron chi connectivity index (χ1n) is 15.8. The second-order valence-corrected chi connectivity index (χ2v) is 13.2. The van der Waals surface area contributed by atoms with Crippen LogP contribution in [-0.4, -0.2) is 21.7 Å². The van der Waals surface area contributed by atoms with Gasteiger partial charge in [-0.15, -0.1) is 0 Å². The molecule has 0 unspecified atom stereocenters. The maximum absolute atomic E-state index is 12.6. The van der Waals surface area contributed by atoms with Crippen molar-refractivity contribution in [2.45, 2.75) is 79.1 Å². The summed E-state index contributed by atoms with van der Waals surface area (Å²) in [4.78, 5) is 49.3. The normalized spacial score (nSPS) is 11.2. The number of nitrogens with zero attached hydrogens (tertiary/aromatic N) is 4. The fourth-order valence-electron chi connectivity index (χ4n) is 5.20. The van der Waals surface area contributed by atoms with Crippen molar-refractivity contribution in [3.8, 4) is 0 Å². The van der Waals surface area contributed by atoms with E-state index in [9.17, 15) is 29.8 Å². The fraction of sp³-hybridized carbons (Fsp3) is 0.316. The van der Waals surface area contributed by atoms with Crippen LogP contribution in [0, 0.1) is 20.2 Å². The maximum atomic E-state index is 12.6. The quantitative estimate of drug-likeness (QED) is 0.138. The second-order valence-electron chi connectivity index (χ2n) is 13.2. The molecule has 0 atom stereocenters. The predicted octanol–water partition coefficient (Wildman–Crippen LogP) is 9.93.